The summed E-state index contributed by atoms with van der Waals surface area (Å²) in [5, 5.41) is 34.8. The molecule has 0 aliphatic heterocycles. The number of nitrogens with zero attached hydrogens (tertiary/aromatic N) is 1. The van der Waals surface area contributed by atoms with Crippen LogP contribution in [-0.2, 0) is 0 Å². The van der Waals surface area contributed by atoms with Crippen molar-refractivity contribution in [2.45, 2.75) is 19.4 Å². The average molecular weight is 269 g/mol. The van der Waals surface area contributed by atoms with Gasteiger partial charge in [-0.2, -0.15) is 0 Å². The molecule has 0 bridgehead atoms. The molecule has 19 heavy (non-hydrogen) atoms. The maximum absolute atomic E-state index is 11.1. The van der Waals surface area contributed by atoms with E-state index in [1.807, 2.05) is 0 Å². The predicted molar refractivity (Wildman–Crippen MR) is 73.5 cm³/mol. The molecule has 106 valence electrons. The number of anilines is 2. The highest BCUT2D eigenvalue weighted by molar-refractivity contribution is 5.76. The van der Waals surface area contributed by atoms with Gasteiger partial charge in [-0.3, -0.25) is 10.1 Å². The van der Waals surface area contributed by atoms with E-state index in [1.54, 1.807) is 25.1 Å². The summed E-state index contributed by atoms with van der Waals surface area (Å²) in [7, 11) is 0. The molecule has 0 aliphatic carbocycles. The molecule has 4 N–H and O–H groups in total. The fourth-order valence-corrected chi connectivity index (χ4v) is 1.59. The fourth-order valence-electron chi connectivity index (χ4n) is 1.59. The molecule has 1 aromatic carbocycles. The summed E-state index contributed by atoms with van der Waals surface area (Å²) in [6, 6.07) is 4.90. The number of aliphatic hydroxyl groups is 2. The second kappa shape index (κ2) is 7.55. The van der Waals surface area contributed by atoms with Crippen LogP contribution in [0, 0.1) is 10.1 Å². The number of nitro groups is 1. The number of benzene rings is 1. The first-order valence-corrected chi connectivity index (χ1v) is 6.10. The quantitative estimate of drug-likeness (QED) is 0.321. The summed E-state index contributed by atoms with van der Waals surface area (Å²) in [4.78, 5) is 10.7. The van der Waals surface area contributed by atoms with Gasteiger partial charge in [-0.1, -0.05) is 6.07 Å². The number of para-hydroxylation sites is 1. The monoisotopic (exact) mass is 269 g/mol. The van der Waals surface area contributed by atoms with Crippen molar-refractivity contribution < 1.29 is 15.1 Å². The van der Waals surface area contributed by atoms with Gasteiger partial charge in [0.25, 0.3) is 0 Å². The van der Waals surface area contributed by atoms with Crippen molar-refractivity contribution >= 4 is 17.1 Å². The van der Waals surface area contributed by atoms with Gasteiger partial charge >= 0.3 is 5.69 Å². The lowest BCUT2D eigenvalue weighted by molar-refractivity contribution is -0.383. The summed E-state index contributed by atoms with van der Waals surface area (Å²) in [6.07, 6.45) is -0.0757. The SMILES string of the molecule is CC(O)CNc1cccc(NCCCO)c1[N+](=O)[O-]. The van der Waals surface area contributed by atoms with Gasteiger partial charge in [-0.05, 0) is 25.5 Å². The Morgan fingerprint density at radius 3 is 2.53 bits per heavy atom. The molecule has 0 spiro atoms. The first-order chi connectivity index (χ1) is 9.06. The van der Waals surface area contributed by atoms with Gasteiger partial charge in [-0.15, -0.1) is 0 Å². The number of aliphatic hydroxyl groups excluding tert-OH is 2. The van der Waals surface area contributed by atoms with Crippen LogP contribution < -0.4 is 10.6 Å². The van der Waals surface area contributed by atoms with Gasteiger partial charge in [0.05, 0.1) is 11.0 Å². The van der Waals surface area contributed by atoms with Crippen LogP contribution in [-0.4, -0.2) is 40.9 Å². The molecule has 0 fully saturated rings. The summed E-state index contributed by atoms with van der Waals surface area (Å²) in [6.45, 7) is 2.32. The Hall–Kier alpha value is -1.86. The molecule has 0 aliphatic rings. The Kier molecular flexibility index (Phi) is 6.04. The van der Waals surface area contributed by atoms with Crippen molar-refractivity contribution in [2.24, 2.45) is 0 Å². The average Bonchev–Trinajstić information content (AvgIpc) is 2.36. The van der Waals surface area contributed by atoms with E-state index in [2.05, 4.69) is 10.6 Å². The van der Waals surface area contributed by atoms with E-state index in [9.17, 15) is 15.2 Å². The van der Waals surface area contributed by atoms with Crippen LogP contribution in [0.15, 0.2) is 18.2 Å². The lowest BCUT2D eigenvalue weighted by Crippen LogP contribution is -2.16. The van der Waals surface area contributed by atoms with Crippen molar-refractivity contribution in [1.82, 2.24) is 0 Å². The van der Waals surface area contributed by atoms with Gasteiger partial charge in [0.2, 0.25) is 0 Å². The maximum Gasteiger partial charge on any atom is 0.315 e. The summed E-state index contributed by atoms with van der Waals surface area (Å²) < 4.78 is 0. The lowest BCUT2D eigenvalue weighted by Gasteiger charge is -2.12. The first kappa shape index (κ1) is 15.2. The smallest absolute Gasteiger partial charge is 0.315 e. The molecule has 7 nitrogen and oxygen atoms in total. The molecule has 0 aromatic heterocycles. The molecule has 0 heterocycles. The van der Waals surface area contributed by atoms with Gasteiger partial charge in [-0.25, -0.2) is 0 Å². The van der Waals surface area contributed by atoms with E-state index in [1.165, 1.54) is 0 Å². The molecular formula is C12H19N3O4. The molecular weight excluding hydrogens is 250 g/mol. The van der Waals surface area contributed by atoms with Crippen molar-refractivity contribution in [1.29, 1.82) is 0 Å². The highest BCUT2D eigenvalue weighted by Crippen LogP contribution is 2.32. The number of hydrogen-bond donors (Lipinski definition) is 4. The van der Waals surface area contributed by atoms with Crippen molar-refractivity contribution in [3.05, 3.63) is 28.3 Å². The van der Waals surface area contributed by atoms with Crippen LogP contribution in [0.4, 0.5) is 17.1 Å². The third-order valence-electron chi connectivity index (χ3n) is 2.46. The standard InChI is InChI=1S/C12H19N3O4/c1-9(17)8-14-11-5-2-4-10(12(11)15(18)19)13-6-3-7-16/h2,4-5,9,13-14,16-17H,3,6-8H2,1H3. The van der Waals surface area contributed by atoms with E-state index >= 15 is 0 Å². The Labute approximate surface area is 111 Å². The Morgan fingerprint density at radius 1 is 1.37 bits per heavy atom. The third kappa shape index (κ3) is 4.72. The molecule has 1 rings (SSSR count). The molecule has 0 saturated carbocycles. The minimum absolute atomic E-state index is 0.0285. The Bertz CT molecular complexity index is 423. The summed E-state index contributed by atoms with van der Waals surface area (Å²) in [5.41, 5.74) is 0.704. The normalized spacial score (nSPS) is 11.9. The Balaban J connectivity index is 2.90. The van der Waals surface area contributed by atoms with Crippen LogP contribution in [0.1, 0.15) is 13.3 Å². The van der Waals surface area contributed by atoms with Crippen molar-refractivity contribution in [3.8, 4) is 0 Å². The zero-order valence-electron chi connectivity index (χ0n) is 10.8. The van der Waals surface area contributed by atoms with E-state index in [-0.39, 0.29) is 18.8 Å². The topological polar surface area (TPSA) is 108 Å². The van der Waals surface area contributed by atoms with Gasteiger partial charge in [0.15, 0.2) is 0 Å². The second-order valence-electron chi connectivity index (χ2n) is 4.19. The Morgan fingerprint density at radius 2 is 2.00 bits per heavy atom. The number of rotatable bonds is 8. The van der Waals surface area contributed by atoms with E-state index in [0.29, 0.717) is 24.3 Å². The van der Waals surface area contributed by atoms with Crippen LogP contribution in [0.2, 0.25) is 0 Å². The number of hydrogen-bond acceptors (Lipinski definition) is 6. The maximum atomic E-state index is 11.1. The summed E-state index contributed by atoms with van der Waals surface area (Å²) >= 11 is 0. The largest absolute Gasteiger partial charge is 0.396 e. The van der Waals surface area contributed by atoms with Crippen molar-refractivity contribution in [2.75, 3.05) is 30.3 Å². The molecule has 1 unspecified atom stereocenters. The molecule has 0 amide bonds. The zero-order valence-corrected chi connectivity index (χ0v) is 10.8. The van der Waals surface area contributed by atoms with Crippen LogP contribution >= 0.6 is 0 Å². The molecule has 0 radical (unpaired) electrons. The predicted octanol–water partition coefficient (Wildman–Crippen LogP) is 1.18. The van der Waals surface area contributed by atoms with Crippen LogP contribution in [0.5, 0.6) is 0 Å². The van der Waals surface area contributed by atoms with Gasteiger partial charge in [0, 0.05) is 19.7 Å². The lowest BCUT2D eigenvalue weighted by atomic mass is 10.2. The van der Waals surface area contributed by atoms with Crippen LogP contribution in [0.3, 0.4) is 0 Å². The third-order valence-corrected chi connectivity index (χ3v) is 2.46. The van der Waals surface area contributed by atoms with Crippen molar-refractivity contribution in [3.63, 3.8) is 0 Å². The first-order valence-electron chi connectivity index (χ1n) is 6.10. The molecule has 1 atom stereocenters. The second-order valence-corrected chi connectivity index (χ2v) is 4.19. The van der Waals surface area contributed by atoms with Crippen LogP contribution in [0.25, 0.3) is 0 Å². The van der Waals surface area contributed by atoms with Gasteiger partial charge < -0.3 is 20.8 Å². The van der Waals surface area contributed by atoms with E-state index in [4.69, 9.17) is 5.11 Å². The van der Waals surface area contributed by atoms with E-state index < -0.39 is 11.0 Å². The van der Waals surface area contributed by atoms with Gasteiger partial charge in [0.1, 0.15) is 11.4 Å². The zero-order chi connectivity index (χ0) is 14.3. The molecule has 7 heteroatoms. The highest BCUT2D eigenvalue weighted by atomic mass is 16.6. The molecule has 0 saturated heterocycles. The minimum atomic E-state index is -0.592. The van der Waals surface area contributed by atoms with E-state index in [0.717, 1.165) is 0 Å². The fraction of sp³-hybridized carbons (Fsp3) is 0.500. The number of nitrogens with one attached hydrogen (secondary N) is 2. The minimum Gasteiger partial charge on any atom is -0.396 e. The molecule has 1 aromatic rings. The highest BCUT2D eigenvalue weighted by Gasteiger charge is 2.19. The number of nitro benzene ring substituents is 1. The summed E-state index contributed by atoms with van der Waals surface area (Å²) in [5.74, 6) is 0.